The Morgan fingerprint density at radius 2 is 2.21 bits per heavy atom. The Kier molecular flexibility index (Phi) is 5.56. The van der Waals surface area contributed by atoms with Gasteiger partial charge in [0.2, 0.25) is 5.91 Å². The lowest BCUT2D eigenvalue weighted by Crippen LogP contribution is -2.51. The highest BCUT2D eigenvalue weighted by molar-refractivity contribution is 5.94. The van der Waals surface area contributed by atoms with E-state index in [4.69, 9.17) is 5.73 Å². The minimum Gasteiger partial charge on any atom is -0.326 e. The maximum atomic E-state index is 12.6. The summed E-state index contributed by atoms with van der Waals surface area (Å²) in [5.74, 6) is 0.488. The second-order valence-corrected chi connectivity index (χ2v) is 6.50. The Bertz CT molecular complexity index is 714. The minimum absolute atomic E-state index is 0. The third kappa shape index (κ3) is 3.73. The zero-order valence-electron chi connectivity index (χ0n) is 13.9. The Hall–Kier alpha value is -1.99. The van der Waals surface area contributed by atoms with Crippen LogP contribution < -0.4 is 11.1 Å². The molecular weight excluding hydrogens is 328 g/mol. The summed E-state index contributed by atoms with van der Waals surface area (Å²) in [6.07, 6.45) is 3.86. The lowest BCUT2D eigenvalue weighted by molar-refractivity contribution is -0.122. The van der Waals surface area contributed by atoms with Crippen LogP contribution in [0.5, 0.6) is 0 Å². The van der Waals surface area contributed by atoms with Crippen LogP contribution in [0.1, 0.15) is 32.6 Å². The highest BCUT2D eigenvalue weighted by atomic mass is 35.5. The molecule has 2 unspecified atom stereocenters. The van der Waals surface area contributed by atoms with Crippen molar-refractivity contribution in [3.63, 3.8) is 0 Å². The number of amides is 1. The molecule has 1 fully saturated rings. The smallest absolute Gasteiger partial charge is 0.229 e. The number of benzene rings is 1. The molecule has 8 heteroatoms. The third-order valence-corrected chi connectivity index (χ3v) is 4.58. The number of carbonyl (C=O) groups excluding carboxylic acids is 1. The number of nitrogens with two attached hydrogens (primary N) is 1. The molecule has 7 nitrogen and oxygen atoms in total. The van der Waals surface area contributed by atoms with Gasteiger partial charge in [0.25, 0.3) is 0 Å². The van der Waals surface area contributed by atoms with Gasteiger partial charge in [0, 0.05) is 23.8 Å². The van der Waals surface area contributed by atoms with Gasteiger partial charge in [-0.3, -0.25) is 4.79 Å². The molecule has 24 heavy (non-hydrogen) atoms. The first-order valence-corrected chi connectivity index (χ1v) is 7.90. The molecule has 1 aromatic heterocycles. The molecule has 1 aliphatic rings. The van der Waals surface area contributed by atoms with E-state index in [1.807, 2.05) is 31.2 Å². The predicted octanol–water partition coefficient (Wildman–Crippen LogP) is 2.14. The summed E-state index contributed by atoms with van der Waals surface area (Å²) in [5, 5.41) is 14.4. The van der Waals surface area contributed by atoms with Crippen molar-refractivity contribution in [3.05, 3.63) is 24.3 Å². The summed E-state index contributed by atoms with van der Waals surface area (Å²) < 4.78 is 1.60. The van der Waals surface area contributed by atoms with Crippen LogP contribution in [-0.2, 0) is 11.8 Å². The van der Waals surface area contributed by atoms with E-state index in [-0.39, 0.29) is 24.2 Å². The maximum Gasteiger partial charge on any atom is 0.229 e. The summed E-state index contributed by atoms with van der Waals surface area (Å²) in [7, 11) is 1.78. The normalized spacial score (nSPS) is 23.4. The number of aryl methyl sites for hydroxylation is 1. The first-order valence-electron chi connectivity index (χ1n) is 7.90. The molecule has 0 saturated heterocycles. The van der Waals surface area contributed by atoms with Gasteiger partial charge < -0.3 is 11.1 Å². The Balaban J connectivity index is 0.00000208. The van der Waals surface area contributed by atoms with Crippen LogP contribution in [0, 0.1) is 5.92 Å². The molecule has 0 bridgehead atoms. The maximum absolute atomic E-state index is 12.6. The number of rotatable bonds is 3. The number of carbonyl (C=O) groups is 1. The molecule has 3 rings (SSSR count). The standard InChI is InChI=1S/C16H22N6O.ClH/c1-16(17)9-4-3-8-13(16)15(23)18-12-7-5-6-11(10-12)14-19-20-21-22(14)2;/h5-7,10,13H,3-4,8-9,17H2,1-2H3,(H,18,23);1H. The lowest BCUT2D eigenvalue weighted by Gasteiger charge is -2.37. The van der Waals surface area contributed by atoms with E-state index in [0.717, 1.165) is 36.9 Å². The van der Waals surface area contributed by atoms with E-state index >= 15 is 0 Å². The van der Waals surface area contributed by atoms with E-state index in [2.05, 4.69) is 20.8 Å². The molecule has 1 saturated carbocycles. The van der Waals surface area contributed by atoms with Gasteiger partial charge in [-0.1, -0.05) is 25.0 Å². The molecule has 1 amide bonds. The van der Waals surface area contributed by atoms with Gasteiger partial charge in [-0.05, 0) is 42.3 Å². The number of hydrogen-bond acceptors (Lipinski definition) is 5. The predicted molar refractivity (Wildman–Crippen MR) is 94.7 cm³/mol. The fourth-order valence-electron chi connectivity index (χ4n) is 3.23. The van der Waals surface area contributed by atoms with Gasteiger partial charge in [-0.15, -0.1) is 17.5 Å². The van der Waals surface area contributed by atoms with Gasteiger partial charge >= 0.3 is 0 Å². The van der Waals surface area contributed by atoms with Crippen LogP contribution in [0.25, 0.3) is 11.4 Å². The fraction of sp³-hybridized carbons (Fsp3) is 0.500. The van der Waals surface area contributed by atoms with Crippen LogP contribution in [0.15, 0.2) is 24.3 Å². The van der Waals surface area contributed by atoms with E-state index in [0.29, 0.717) is 5.82 Å². The molecule has 130 valence electrons. The molecule has 1 aromatic carbocycles. The molecular formula is C16H23ClN6O. The molecule has 0 aliphatic heterocycles. The number of anilines is 1. The van der Waals surface area contributed by atoms with Crippen molar-refractivity contribution >= 4 is 24.0 Å². The number of aromatic nitrogens is 4. The van der Waals surface area contributed by atoms with E-state index in [1.54, 1.807) is 11.7 Å². The van der Waals surface area contributed by atoms with Crippen LogP contribution in [0.2, 0.25) is 0 Å². The highest BCUT2D eigenvalue weighted by Gasteiger charge is 2.37. The monoisotopic (exact) mass is 350 g/mol. The van der Waals surface area contributed by atoms with Gasteiger partial charge in [0.15, 0.2) is 5.82 Å². The van der Waals surface area contributed by atoms with E-state index in [1.165, 1.54) is 0 Å². The average Bonchev–Trinajstić information content (AvgIpc) is 2.93. The molecule has 3 N–H and O–H groups in total. The zero-order valence-corrected chi connectivity index (χ0v) is 14.7. The number of hydrogen-bond donors (Lipinski definition) is 2. The minimum atomic E-state index is -0.437. The second-order valence-electron chi connectivity index (χ2n) is 6.50. The quantitative estimate of drug-likeness (QED) is 0.883. The fourth-order valence-corrected chi connectivity index (χ4v) is 3.23. The van der Waals surface area contributed by atoms with E-state index < -0.39 is 5.54 Å². The highest BCUT2D eigenvalue weighted by Crippen LogP contribution is 2.32. The first kappa shape index (κ1) is 18.4. The molecule has 2 atom stereocenters. The summed E-state index contributed by atoms with van der Waals surface area (Å²) in [5.41, 5.74) is 7.46. The Labute approximate surface area is 147 Å². The third-order valence-electron chi connectivity index (χ3n) is 4.58. The SMILES string of the molecule is Cl.Cn1nnnc1-c1cccc(NC(=O)C2CCCCC2(C)N)c1. The van der Waals surface area contributed by atoms with E-state index in [9.17, 15) is 4.79 Å². The summed E-state index contributed by atoms with van der Waals surface area (Å²) >= 11 is 0. The number of nitrogens with one attached hydrogen (secondary N) is 1. The van der Waals surface area contributed by atoms with Crippen molar-refractivity contribution in [2.75, 3.05) is 5.32 Å². The Morgan fingerprint density at radius 3 is 2.88 bits per heavy atom. The van der Waals surface area contributed by atoms with Crippen LogP contribution in [0.3, 0.4) is 0 Å². The lowest BCUT2D eigenvalue weighted by atomic mass is 9.74. The van der Waals surface area contributed by atoms with Gasteiger partial charge in [0.1, 0.15) is 0 Å². The Morgan fingerprint density at radius 1 is 1.42 bits per heavy atom. The second kappa shape index (κ2) is 7.27. The number of nitrogens with zero attached hydrogens (tertiary/aromatic N) is 4. The molecule has 0 radical (unpaired) electrons. The van der Waals surface area contributed by atoms with Crippen LogP contribution >= 0.6 is 12.4 Å². The summed E-state index contributed by atoms with van der Waals surface area (Å²) in [6.45, 7) is 1.97. The van der Waals surface area contributed by atoms with Crippen molar-refractivity contribution < 1.29 is 4.79 Å². The zero-order chi connectivity index (χ0) is 16.4. The molecule has 2 aromatic rings. The van der Waals surface area contributed by atoms with Gasteiger partial charge in [-0.2, -0.15) is 0 Å². The van der Waals surface area contributed by atoms with Gasteiger partial charge in [-0.25, -0.2) is 4.68 Å². The van der Waals surface area contributed by atoms with Crippen LogP contribution in [0.4, 0.5) is 5.69 Å². The largest absolute Gasteiger partial charge is 0.326 e. The van der Waals surface area contributed by atoms with Crippen molar-refractivity contribution in [1.29, 1.82) is 0 Å². The first-order chi connectivity index (χ1) is 11.0. The molecule has 1 heterocycles. The molecule has 0 spiro atoms. The van der Waals surface area contributed by atoms with Gasteiger partial charge in [0.05, 0.1) is 5.92 Å². The molecule has 1 aliphatic carbocycles. The number of halogens is 1. The van der Waals surface area contributed by atoms with Crippen molar-refractivity contribution in [3.8, 4) is 11.4 Å². The average molecular weight is 351 g/mol. The summed E-state index contributed by atoms with van der Waals surface area (Å²) in [6, 6.07) is 7.53. The van der Waals surface area contributed by atoms with Crippen molar-refractivity contribution in [2.45, 2.75) is 38.1 Å². The van der Waals surface area contributed by atoms with Crippen LogP contribution in [-0.4, -0.2) is 31.7 Å². The number of tetrazole rings is 1. The van der Waals surface area contributed by atoms with Crippen molar-refractivity contribution in [1.82, 2.24) is 20.2 Å². The summed E-state index contributed by atoms with van der Waals surface area (Å²) in [4.78, 5) is 12.6. The van der Waals surface area contributed by atoms with Crippen molar-refractivity contribution in [2.24, 2.45) is 18.7 Å². The topological polar surface area (TPSA) is 98.7 Å².